The smallest absolute Gasteiger partial charge is 0.127 e. The number of benzene rings is 1. The number of rotatable bonds is 4. The number of nitrogens with zero attached hydrogens (tertiary/aromatic N) is 2. The molecule has 2 rings (SSSR count). The van der Waals surface area contributed by atoms with Gasteiger partial charge in [0.15, 0.2) is 0 Å². The van der Waals surface area contributed by atoms with Crippen LogP contribution in [-0.2, 0) is 6.54 Å². The Hall–Kier alpha value is -0.930. The van der Waals surface area contributed by atoms with Gasteiger partial charge in [-0.25, -0.2) is 4.39 Å². The lowest BCUT2D eigenvalue weighted by Gasteiger charge is -2.35. The molecule has 0 aliphatic carbocycles. The summed E-state index contributed by atoms with van der Waals surface area (Å²) in [5.41, 5.74) is 1.93. The van der Waals surface area contributed by atoms with Crippen LogP contribution < -0.4 is 0 Å². The van der Waals surface area contributed by atoms with E-state index in [2.05, 4.69) is 23.9 Å². The van der Waals surface area contributed by atoms with Crippen molar-refractivity contribution in [2.45, 2.75) is 38.8 Å². The average molecular weight is 264 g/mol. The highest BCUT2D eigenvalue weighted by Gasteiger charge is 2.20. The SMILES string of the molecule is Cc1ccc(F)c(CN(C)C[C@H]2CCCCN2C)c1. The average Bonchev–Trinajstić information content (AvgIpc) is 2.37. The fourth-order valence-electron chi connectivity index (χ4n) is 2.91. The third-order valence-corrected chi connectivity index (χ3v) is 4.09. The van der Waals surface area contributed by atoms with Crippen LogP contribution >= 0.6 is 0 Å². The highest BCUT2D eigenvalue weighted by atomic mass is 19.1. The number of likely N-dealkylation sites (tertiary alicyclic amines) is 1. The highest BCUT2D eigenvalue weighted by molar-refractivity contribution is 5.23. The van der Waals surface area contributed by atoms with Gasteiger partial charge in [0.25, 0.3) is 0 Å². The second-order valence-electron chi connectivity index (χ2n) is 5.92. The van der Waals surface area contributed by atoms with E-state index in [1.165, 1.54) is 25.8 Å². The summed E-state index contributed by atoms with van der Waals surface area (Å²) in [5.74, 6) is -0.0885. The van der Waals surface area contributed by atoms with Gasteiger partial charge in [-0.05, 0) is 46.5 Å². The third-order valence-electron chi connectivity index (χ3n) is 4.09. The van der Waals surface area contributed by atoms with E-state index in [9.17, 15) is 4.39 Å². The first-order chi connectivity index (χ1) is 9.06. The lowest BCUT2D eigenvalue weighted by atomic mass is 10.0. The zero-order valence-electron chi connectivity index (χ0n) is 12.3. The molecule has 1 aromatic rings. The molecule has 1 aromatic carbocycles. The summed E-state index contributed by atoms with van der Waals surface area (Å²) in [6.07, 6.45) is 3.89. The maximum absolute atomic E-state index is 13.7. The largest absolute Gasteiger partial charge is 0.302 e. The van der Waals surface area contributed by atoms with Crippen molar-refractivity contribution in [3.63, 3.8) is 0 Å². The molecule has 1 aliphatic heterocycles. The van der Waals surface area contributed by atoms with Crippen LogP contribution in [0.4, 0.5) is 4.39 Å². The van der Waals surface area contributed by atoms with E-state index in [-0.39, 0.29) is 5.82 Å². The summed E-state index contributed by atoms with van der Waals surface area (Å²) in [6.45, 7) is 4.91. The third kappa shape index (κ3) is 4.02. The number of hydrogen-bond donors (Lipinski definition) is 0. The Morgan fingerprint density at radius 3 is 2.89 bits per heavy atom. The van der Waals surface area contributed by atoms with E-state index in [1.54, 1.807) is 6.07 Å². The van der Waals surface area contributed by atoms with Gasteiger partial charge in [-0.2, -0.15) is 0 Å². The fraction of sp³-hybridized carbons (Fsp3) is 0.625. The molecule has 0 bridgehead atoms. The van der Waals surface area contributed by atoms with Gasteiger partial charge in [-0.1, -0.05) is 24.1 Å². The van der Waals surface area contributed by atoms with Gasteiger partial charge in [0.1, 0.15) is 5.82 Å². The van der Waals surface area contributed by atoms with Gasteiger partial charge in [0.05, 0.1) is 0 Å². The molecule has 1 saturated heterocycles. The van der Waals surface area contributed by atoms with E-state index in [4.69, 9.17) is 0 Å². The minimum atomic E-state index is -0.0885. The van der Waals surface area contributed by atoms with Crippen LogP contribution in [0.2, 0.25) is 0 Å². The minimum Gasteiger partial charge on any atom is -0.302 e. The molecule has 1 fully saturated rings. The zero-order chi connectivity index (χ0) is 13.8. The summed E-state index contributed by atoms with van der Waals surface area (Å²) in [5, 5.41) is 0. The van der Waals surface area contributed by atoms with Crippen molar-refractivity contribution in [1.82, 2.24) is 9.80 Å². The molecule has 1 heterocycles. The Morgan fingerprint density at radius 1 is 1.37 bits per heavy atom. The maximum Gasteiger partial charge on any atom is 0.127 e. The Morgan fingerprint density at radius 2 is 2.16 bits per heavy atom. The predicted octanol–water partition coefficient (Wildman–Crippen LogP) is 3.05. The topological polar surface area (TPSA) is 6.48 Å². The number of hydrogen-bond acceptors (Lipinski definition) is 2. The number of aryl methyl sites for hydroxylation is 1. The van der Waals surface area contributed by atoms with Gasteiger partial charge >= 0.3 is 0 Å². The van der Waals surface area contributed by atoms with Crippen molar-refractivity contribution in [2.75, 3.05) is 27.2 Å². The minimum absolute atomic E-state index is 0.0885. The standard InChI is InChI=1S/C16H25FN2/c1-13-7-8-16(17)14(10-13)11-18(2)12-15-6-4-5-9-19(15)3/h7-8,10,15H,4-6,9,11-12H2,1-3H3/t15-/m1/s1. The fourth-order valence-corrected chi connectivity index (χ4v) is 2.91. The Kier molecular flexibility index (Phi) is 4.94. The van der Waals surface area contributed by atoms with E-state index in [0.29, 0.717) is 12.6 Å². The van der Waals surface area contributed by atoms with Crippen LogP contribution in [0, 0.1) is 12.7 Å². The van der Waals surface area contributed by atoms with Gasteiger partial charge in [-0.15, -0.1) is 0 Å². The van der Waals surface area contributed by atoms with Crippen LogP contribution in [0.15, 0.2) is 18.2 Å². The number of piperidine rings is 1. The van der Waals surface area contributed by atoms with Gasteiger partial charge in [-0.3, -0.25) is 0 Å². The molecule has 1 atom stereocenters. The molecule has 0 N–H and O–H groups in total. The van der Waals surface area contributed by atoms with Crippen LogP contribution in [0.1, 0.15) is 30.4 Å². The van der Waals surface area contributed by atoms with Gasteiger partial charge in [0, 0.05) is 24.7 Å². The van der Waals surface area contributed by atoms with Crippen LogP contribution in [0.5, 0.6) is 0 Å². The summed E-state index contributed by atoms with van der Waals surface area (Å²) < 4.78 is 13.7. The molecule has 0 saturated carbocycles. The Bertz CT molecular complexity index is 419. The summed E-state index contributed by atoms with van der Waals surface area (Å²) in [4.78, 5) is 4.68. The monoisotopic (exact) mass is 264 g/mol. The quantitative estimate of drug-likeness (QED) is 0.824. The van der Waals surface area contributed by atoms with Crippen molar-refractivity contribution < 1.29 is 4.39 Å². The van der Waals surface area contributed by atoms with Crippen LogP contribution in [0.3, 0.4) is 0 Å². The summed E-state index contributed by atoms with van der Waals surface area (Å²) >= 11 is 0. The molecule has 0 spiro atoms. The molecule has 0 aromatic heterocycles. The Balaban J connectivity index is 1.93. The van der Waals surface area contributed by atoms with Crippen LogP contribution in [0.25, 0.3) is 0 Å². The molecule has 19 heavy (non-hydrogen) atoms. The van der Waals surface area contributed by atoms with Crippen molar-refractivity contribution in [2.24, 2.45) is 0 Å². The maximum atomic E-state index is 13.7. The first-order valence-electron chi connectivity index (χ1n) is 7.20. The summed E-state index contributed by atoms with van der Waals surface area (Å²) in [6, 6.07) is 5.97. The first kappa shape index (κ1) is 14.5. The van der Waals surface area contributed by atoms with Crippen molar-refractivity contribution >= 4 is 0 Å². The molecular formula is C16H25FN2. The normalized spacial score (nSPS) is 21.0. The molecule has 2 nitrogen and oxygen atoms in total. The first-order valence-corrected chi connectivity index (χ1v) is 7.20. The molecule has 106 valence electrons. The molecule has 1 aliphatic rings. The predicted molar refractivity (Wildman–Crippen MR) is 77.7 cm³/mol. The summed E-state index contributed by atoms with van der Waals surface area (Å²) in [7, 11) is 4.29. The van der Waals surface area contributed by atoms with Crippen LogP contribution in [-0.4, -0.2) is 43.0 Å². The highest BCUT2D eigenvalue weighted by Crippen LogP contribution is 2.17. The number of likely N-dealkylation sites (N-methyl/N-ethyl adjacent to an activating group) is 2. The van der Waals surface area contributed by atoms with E-state index in [0.717, 1.165) is 17.7 Å². The van der Waals surface area contributed by atoms with Crippen molar-refractivity contribution in [3.05, 3.63) is 35.1 Å². The lowest BCUT2D eigenvalue weighted by Crippen LogP contribution is -2.43. The van der Waals surface area contributed by atoms with Gasteiger partial charge in [0.2, 0.25) is 0 Å². The second-order valence-corrected chi connectivity index (χ2v) is 5.92. The van der Waals surface area contributed by atoms with E-state index >= 15 is 0 Å². The van der Waals surface area contributed by atoms with Gasteiger partial charge < -0.3 is 9.80 Å². The molecule has 0 radical (unpaired) electrons. The van der Waals surface area contributed by atoms with E-state index in [1.807, 2.05) is 19.1 Å². The lowest BCUT2D eigenvalue weighted by molar-refractivity contribution is 0.138. The van der Waals surface area contributed by atoms with Crippen molar-refractivity contribution in [3.8, 4) is 0 Å². The second kappa shape index (κ2) is 6.49. The Labute approximate surface area is 116 Å². The van der Waals surface area contributed by atoms with Crippen molar-refractivity contribution in [1.29, 1.82) is 0 Å². The molecule has 3 heteroatoms. The molecular weight excluding hydrogens is 239 g/mol. The number of halogens is 1. The molecule has 0 amide bonds. The molecule has 0 unspecified atom stereocenters. The van der Waals surface area contributed by atoms with E-state index < -0.39 is 0 Å². The zero-order valence-corrected chi connectivity index (χ0v) is 12.3.